The van der Waals surface area contributed by atoms with Crippen LogP contribution in [-0.2, 0) is 17.9 Å². The van der Waals surface area contributed by atoms with E-state index in [1.807, 2.05) is 83.4 Å². The van der Waals surface area contributed by atoms with Gasteiger partial charge < -0.3 is 14.5 Å². The van der Waals surface area contributed by atoms with E-state index in [1.54, 1.807) is 24.4 Å². The molecule has 5 rings (SSSR count). The molecule has 0 saturated carbocycles. The highest BCUT2D eigenvalue weighted by Gasteiger charge is 2.25. The molecule has 0 aliphatic carbocycles. The first-order valence-electron chi connectivity index (χ1n) is 11.9. The van der Waals surface area contributed by atoms with Crippen LogP contribution in [0.4, 0.5) is 4.39 Å². The van der Waals surface area contributed by atoms with Crippen molar-refractivity contribution in [2.75, 3.05) is 0 Å². The van der Waals surface area contributed by atoms with E-state index in [0.29, 0.717) is 30.1 Å². The number of imidazole rings is 1. The number of rotatable bonds is 9. The van der Waals surface area contributed by atoms with Crippen LogP contribution in [0.3, 0.4) is 0 Å². The van der Waals surface area contributed by atoms with Crippen LogP contribution in [0.15, 0.2) is 109 Å². The lowest BCUT2D eigenvalue weighted by atomic mass is 9.92. The molecule has 36 heavy (non-hydrogen) atoms. The Balaban J connectivity index is 1.43. The number of carbonyl (C=O) groups is 1. The molecule has 0 aliphatic heterocycles. The van der Waals surface area contributed by atoms with Crippen molar-refractivity contribution in [3.05, 3.63) is 138 Å². The molecule has 1 unspecified atom stereocenters. The summed E-state index contributed by atoms with van der Waals surface area (Å²) in [7, 11) is 0. The van der Waals surface area contributed by atoms with Crippen LogP contribution >= 0.6 is 0 Å². The molecule has 5 aromatic rings. The molecule has 6 heteroatoms. The lowest BCUT2D eigenvalue weighted by Crippen LogP contribution is -2.25. The number of benzene rings is 3. The molecule has 0 aliphatic rings. The molecule has 0 fully saturated rings. The number of nitrogens with zero attached hydrogens (tertiary/aromatic N) is 2. The van der Waals surface area contributed by atoms with Crippen LogP contribution in [0.2, 0.25) is 0 Å². The first kappa shape index (κ1) is 23.3. The number of amides is 1. The van der Waals surface area contributed by atoms with E-state index in [-0.39, 0.29) is 18.1 Å². The van der Waals surface area contributed by atoms with Crippen molar-refractivity contribution in [3.8, 4) is 5.75 Å². The molecule has 2 aromatic heterocycles. The van der Waals surface area contributed by atoms with E-state index in [4.69, 9.17) is 4.74 Å². The Kier molecular flexibility index (Phi) is 7.03. The average molecular weight is 480 g/mol. The Bertz CT molecular complexity index is 1450. The van der Waals surface area contributed by atoms with Crippen molar-refractivity contribution in [1.29, 1.82) is 0 Å². The highest BCUT2D eigenvalue weighted by atomic mass is 19.1. The number of carbonyl (C=O) groups excluding carboxylic acids is 1. The monoisotopic (exact) mass is 479 g/mol. The number of ether oxygens (including phenoxy) is 1. The SMILES string of the molecule is O=C(CC(c1ccccc1F)c1cnc2c(OCc3ccccc3)cccn12)NCc1ccccc1. The van der Waals surface area contributed by atoms with Gasteiger partial charge >= 0.3 is 0 Å². The fourth-order valence-corrected chi connectivity index (χ4v) is 4.30. The van der Waals surface area contributed by atoms with Crippen molar-refractivity contribution in [2.45, 2.75) is 25.5 Å². The Morgan fingerprint density at radius 1 is 0.889 bits per heavy atom. The maximum absolute atomic E-state index is 14.9. The normalized spacial score (nSPS) is 11.8. The van der Waals surface area contributed by atoms with Crippen molar-refractivity contribution in [1.82, 2.24) is 14.7 Å². The fraction of sp³-hybridized carbons (Fsp3) is 0.133. The zero-order chi connectivity index (χ0) is 24.7. The summed E-state index contributed by atoms with van der Waals surface area (Å²) in [4.78, 5) is 17.6. The second-order valence-electron chi connectivity index (χ2n) is 8.56. The maximum atomic E-state index is 14.9. The van der Waals surface area contributed by atoms with E-state index >= 15 is 0 Å². The van der Waals surface area contributed by atoms with E-state index in [0.717, 1.165) is 16.8 Å². The molecule has 0 radical (unpaired) electrons. The van der Waals surface area contributed by atoms with E-state index in [9.17, 15) is 9.18 Å². The standard InChI is InChI=1S/C30H26FN3O2/c31-26-15-8-7-14-24(26)25(18-29(35)32-19-22-10-3-1-4-11-22)27-20-33-30-28(16-9-17-34(27)30)36-21-23-12-5-2-6-13-23/h1-17,20,25H,18-19,21H2,(H,32,35). The summed E-state index contributed by atoms with van der Waals surface area (Å²) in [6, 6.07) is 29.9. The van der Waals surface area contributed by atoms with Gasteiger partial charge in [0.2, 0.25) is 5.91 Å². The quantitative estimate of drug-likeness (QED) is 0.287. The third-order valence-corrected chi connectivity index (χ3v) is 6.13. The van der Waals surface area contributed by atoms with Crippen LogP contribution < -0.4 is 10.1 Å². The van der Waals surface area contributed by atoms with Crippen molar-refractivity contribution in [2.24, 2.45) is 0 Å². The minimum absolute atomic E-state index is 0.0800. The Morgan fingerprint density at radius 2 is 1.58 bits per heavy atom. The summed E-state index contributed by atoms with van der Waals surface area (Å²) in [5, 5.41) is 2.96. The molecule has 1 N–H and O–H groups in total. The van der Waals surface area contributed by atoms with Crippen molar-refractivity contribution < 1.29 is 13.9 Å². The third-order valence-electron chi connectivity index (χ3n) is 6.13. The van der Waals surface area contributed by atoms with Gasteiger partial charge in [0.15, 0.2) is 11.4 Å². The zero-order valence-electron chi connectivity index (χ0n) is 19.7. The van der Waals surface area contributed by atoms with E-state index in [2.05, 4.69) is 10.3 Å². The maximum Gasteiger partial charge on any atom is 0.221 e. The topological polar surface area (TPSA) is 55.6 Å². The van der Waals surface area contributed by atoms with Crippen molar-refractivity contribution >= 4 is 11.6 Å². The van der Waals surface area contributed by atoms with Gasteiger partial charge in [0.25, 0.3) is 0 Å². The highest BCUT2D eigenvalue weighted by Crippen LogP contribution is 2.32. The summed E-state index contributed by atoms with van der Waals surface area (Å²) < 4.78 is 22.9. The molecular formula is C30H26FN3O2. The lowest BCUT2D eigenvalue weighted by Gasteiger charge is -2.18. The van der Waals surface area contributed by atoms with Gasteiger partial charge in [-0.2, -0.15) is 0 Å². The highest BCUT2D eigenvalue weighted by molar-refractivity contribution is 5.77. The molecule has 5 nitrogen and oxygen atoms in total. The lowest BCUT2D eigenvalue weighted by molar-refractivity contribution is -0.121. The largest absolute Gasteiger partial charge is 0.485 e. The predicted octanol–water partition coefficient (Wildman–Crippen LogP) is 5.89. The third kappa shape index (κ3) is 5.28. The molecule has 0 saturated heterocycles. The number of hydrogen-bond donors (Lipinski definition) is 1. The first-order chi connectivity index (χ1) is 17.7. The predicted molar refractivity (Wildman–Crippen MR) is 137 cm³/mol. The smallest absolute Gasteiger partial charge is 0.221 e. The van der Waals surface area contributed by atoms with Gasteiger partial charge in [-0.25, -0.2) is 9.37 Å². The molecule has 3 aromatic carbocycles. The number of aromatic nitrogens is 2. The first-order valence-corrected chi connectivity index (χ1v) is 11.9. The second-order valence-corrected chi connectivity index (χ2v) is 8.56. The fourth-order valence-electron chi connectivity index (χ4n) is 4.30. The van der Waals surface area contributed by atoms with Crippen molar-refractivity contribution in [3.63, 3.8) is 0 Å². The van der Waals surface area contributed by atoms with Gasteiger partial charge in [0.05, 0.1) is 5.69 Å². The molecule has 0 spiro atoms. The molecule has 1 amide bonds. The van der Waals surface area contributed by atoms with Gasteiger partial charge in [-0.05, 0) is 34.9 Å². The van der Waals surface area contributed by atoms with Gasteiger partial charge in [-0.1, -0.05) is 78.9 Å². The minimum Gasteiger partial charge on any atom is -0.485 e. The van der Waals surface area contributed by atoms with Gasteiger partial charge in [0.1, 0.15) is 12.4 Å². The summed E-state index contributed by atoms with van der Waals surface area (Å²) in [5.41, 5.74) is 3.84. The average Bonchev–Trinajstić information content (AvgIpc) is 3.36. The molecule has 1 atom stereocenters. The Hall–Kier alpha value is -4.45. The van der Waals surface area contributed by atoms with Crippen LogP contribution in [-0.4, -0.2) is 15.3 Å². The number of fused-ring (bicyclic) bond motifs is 1. The van der Waals surface area contributed by atoms with Crippen LogP contribution in [0, 0.1) is 5.82 Å². The van der Waals surface area contributed by atoms with Gasteiger partial charge in [-0.3, -0.25) is 4.79 Å². The molecular weight excluding hydrogens is 453 g/mol. The minimum atomic E-state index is -0.527. The second kappa shape index (κ2) is 10.9. The summed E-state index contributed by atoms with van der Waals surface area (Å²) in [6.45, 7) is 0.815. The summed E-state index contributed by atoms with van der Waals surface area (Å²) in [5.74, 6) is -0.432. The number of halogens is 1. The number of hydrogen-bond acceptors (Lipinski definition) is 3. The zero-order valence-corrected chi connectivity index (χ0v) is 19.7. The van der Waals surface area contributed by atoms with Crippen LogP contribution in [0.25, 0.3) is 5.65 Å². The number of nitrogens with one attached hydrogen (secondary N) is 1. The summed E-state index contributed by atoms with van der Waals surface area (Å²) >= 11 is 0. The Labute approximate surface area is 209 Å². The molecule has 180 valence electrons. The summed E-state index contributed by atoms with van der Waals surface area (Å²) in [6.07, 6.45) is 3.64. The van der Waals surface area contributed by atoms with Crippen LogP contribution in [0.1, 0.15) is 34.7 Å². The van der Waals surface area contributed by atoms with Crippen LogP contribution in [0.5, 0.6) is 5.75 Å². The molecule has 2 heterocycles. The van der Waals surface area contributed by atoms with E-state index in [1.165, 1.54) is 6.07 Å². The molecule has 0 bridgehead atoms. The van der Waals surface area contributed by atoms with Gasteiger partial charge in [-0.15, -0.1) is 0 Å². The number of pyridine rings is 1. The van der Waals surface area contributed by atoms with E-state index < -0.39 is 5.92 Å². The van der Waals surface area contributed by atoms with Gasteiger partial charge in [0, 0.05) is 31.3 Å². The Morgan fingerprint density at radius 3 is 2.33 bits per heavy atom.